The minimum absolute atomic E-state index is 0.00189. The summed E-state index contributed by atoms with van der Waals surface area (Å²) >= 11 is 7.83. The summed E-state index contributed by atoms with van der Waals surface area (Å²) in [6.45, 7) is 14.2. The zero-order chi connectivity index (χ0) is 55.4. The van der Waals surface area contributed by atoms with Crippen LogP contribution < -0.4 is 42.6 Å². The number of hydrogen-bond acceptors (Lipinski definition) is 6. The van der Waals surface area contributed by atoms with Crippen LogP contribution in [0.5, 0.6) is 0 Å². The molecular weight excluding hydrogens is 1070 g/mol. The lowest BCUT2D eigenvalue weighted by Crippen LogP contribution is -2.62. The molecule has 82 heavy (non-hydrogen) atoms. The third-order valence-electron chi connectivity index (χ3n) is 16.7. The topological polar surface area (TPSA) is 6.48 Å². The molecule has 0 spiro atoms. The van der Waals surface area contributed by atoms with Crippen LogP contribution in [0.4, 0.5) is 34.1 Å². The molecule has 15 rings (SSSR count). The van der Waals surface area contributed by atoms with Crippen molar-refractivity contribution in [1.82, 2.24) is 0 Å². The van der Waals surface area contributed by atoms with Crippen LogP contribution in [0.1, 0.15) is 52.7 Å². The molecule has 0 aromatic heterocycles. The van der Waals surface area contributed by atoms with E-state index in [0.29, 0.717) is 0 Å². The van der Waals surface area contributed by atoms with Gasteiger partial charge >= 0.3 is 0 Å². The first-order valence-electron chi connectivity index (χ1n) is 28.4. The first kappa shape index (κ1) is 51.4. The molecule has 0 N–H and O–H groups in total. The van der Waals surface area contributed by atoms with Crippen LogP contribution in [-0.2, 0) is 10.8 Å². The van der Waals surface area contributed by atoms with Crippen molar-refractivity contribution in [2.75, 3.05) is 9.80 Å². The van der Waals surface area contributed by atoms with E-state index < -0.39 is 0 Å². The first-order valence-corrected chi connectivity index (χ1v) is 31.7. The Bertz CT molecular complexity index is 4050. The smallest absolute Gasteiger partial charge is 0.247 e. The second-order valence-corrected chi connectivity index (χ2v) is 28.4. The molecule has 0 aliphatic carbocycles. The molecule has 8 heteroatoms. The first-order chi connectivity index (χ1) is 39.9. The quantitative estimate of drug-likeness (QED) is 0.139. The Morgan fingerprint density at radius 2 is 0.585 bits per heavy atom. The Morgan fingerprint density at radius 1 is 0.256 bits per heavy atom. The van der Waals surface area contributed by atoms with Crippen molar-refractivity contribution in [3.8, 4) is 22.3 Å². The number of rotatable bonds is 8. The molecule has 4 aliphatic rings. The van der Waals surface area contributed by atoms with Gasteiger partial charge in [-0.05, 0) is 146 Å². The minimum atomic E-state index is 0.00189. The summed E-state index contributed by atoms with van der Waals surface area (Å²) in [7, 11) is 0. The number of benzene rings is 11. The van der Waals surface area contributed by atoms with Gasteiger partial charge in [-0.15, -0.1) is 0 Å². The van der Waals surface area contributed by atoms with Crippen molar-refractivity contribution < 1.29 is 0 Å². The predicted octanol–water partition coefficient (Wildman–Crippen LogP) is 17.4. The maximum Gasteiger partial charge on any atom is 0.247 e. The molecule has 0 saturated heterocycles. The number of para-hydroxylation sites is 2. The Kier molecular flexibility index (Phi) is 12.6. The van der Waals surface area contributed by atoms with Gasteiger partial charge < -0.3 is 9.80 Å². The molecular formula is C74H58B2N2S4. The lowest BCUT2D eigenvalue weighted by Gasteiger charge is -2.38. The van der Waals surface area contributed by atoms with E-state index in [4.69, 9.17) is 0 Å². The summed E-state index contributed by atoms with van der Waals surface area (Å²) in [5.41, 5.74) is 22.8. The van der Waals surface area contributed by atoms with Gasteiger partial charge in [0.25, 0.3) is 0 Å². The molecule has 0 saturated carbocycles. The van der Waals surface area contributed by atoms with Gasteiger partial charge in [0.2, 0.25) is 13.4 Å². The van der Waals surface area contributed by atoms with Crippen LogP contribution in [0.2, 0.25) is 0 Å². The highest BCUT2D eigenvalue weighted by Gasteiger charge is 2.44. The monoisotopic (exact) mass is 1120 g/mol. The summed E-state index contributed by atoms with van der Waals surface area (Å²) in [5, 5.41) is 0. The molecule has 4 aliphatic heterocycles. The maximum absolute atomic E-state index is 2.66. The van der Waals surface area contributed by atoms with Crippen molar-refractivity contribution in [2.45, 2.75) is 91.5 Å². The minimum Gasteiger partial charge on any atom is -0.310 e. The van der Waals surface area contributed by atoms with Crippen LogP contribution in [-0.4, -0.2) is 13.4 Å². The van der Waals surface area contributed by atoms with Crippen molar-refractivity contribution >= 4 is 127 Å². The third kappa shape index (κ3) is 9.05. The number of nitrogens with zero attached hydrogens (tertiary/aromatic N) is 2. The van der Waals surface area contributed by atoms with Crippen LogP contribution in [0.3, 0.4) is 0 Å². The molecule has 0 bridgehead atoms. The second-order valence-electron chi connectivity index (χ2n) is 24.1. The standard InChI is InChI=1S/C74H58B2N2S4/c1-73(2,3)51-33-35-59-63(39-51)79-67-41-57(77(53-27-15-9-16-28-53)55-31-19-25-49(37-55)47-21-11-7-12-22-47)43-69-71(67)75(59)61-45-62-66(46-65(61)81-69)82-70-44-58(42-68-72(70)76(62)60-36-34-52(74(4,5)6)40-64(60)80-68)78(54-29-17-10-18-30-54)56-32-20-26-50(38-56)48-23-13-8-14-24-48/h7-46H,1-6H3. The fraction of sp³-hybridized carbons (Fsp3) is 0.108. The van der Waals surface area contributed by atoms with E-state index in [1.807, 2.05) is 47.0 Å². The lowest BCUT2D eigenvalue weighted by molar-refractivity contribution is 0.588. The molecule has 394 valence electrons. The van der Waals surface area contributed by atoms with Crippen molar-refractivity contribution in [3.63, 3.8) is 0 Å². The predicted molar refractivity (Wildman–Crippen MR) is 356 cm³/mol. The van der Waals surface area contributed by atoms with E-state index in [1.165, 1.54) is 105 Å². The zero-order valence-electron chi connectivity index (χ0n) is 46.8. The average Bonchev–Trinajstić information content (AvgIpc) is 1.52. The van der Waals surface area contributed by atoms with E-state index in [2.05, 4.69) is 294 Å². The van der Waals surface area contributed by atoms with Gasteiger partial charge in [-0.3, -0.25) is 0 Å². The van der Waals surface area contributed by atoms with E-state index >= 15 is 0 Å². The van der Waals surface area contributed by atoms with Gasteiger partial charge in [0.05, 0.1) is 0 Å². The summed E-state index contributed by atoms with van der Waals surface area (Å²) in [5.74, 6) is 0. The average molecular weight is 1130 g/mol. The Morgan fingerprint density at radius 3 is 0.951 bits per heavy atom. The van der Waals surface area contributed by atoms with Crippen molar-refractivity contribution in [3.05, 3.63) is 254 Å². The van der Waals surface area contributed by atoms with E-state index in [9.17, 15) is 0 Å². The molecule has 11 aromatic rings. The van der Waals surface area contributed by atoms with Gasteiger partial charge in [0.15, 0.2) is 0 Å². The normalized spacial score (nSPS) is 13.5. The third-order valence-corrected chi connectivity index (χ3v) is 21.3. The van der Waals surface area contributed by atoms with Gasteiger partial charge in [-0.25, -0.2) is 0 Å². The molecule has 2 nitrogen and oxygen atoms in total. The number of anilines is 6. The molecule has 4 heterocycles. The Balaban J connectivity index is 0.920. The molecule has 0 unspecified atom stereocenters. The molecule has 0 amide bonds. The van der Waals surface area contributed by atoms with E-state index in [-0.39, 0.29) is 24.3 Å². The summed E-state index contributed by atoms with van der Waals surface area (Å²) in [6, 6.07) is 91.4. The molecule has 11 aromatic carbocycles. The number of fused-ring (bicyclic) bond motifs is 8. The summed E-state index contributed by atoms with van der Waals surface area (Å²) < 4.78 is 0. The van der Waals surface area contributed by atoms with Crippen LogP contribution in [0, 0.1) is 0 Å². The van der Waals surface area contributed by atoms with Gasteiger partial charge in [0.1, 0.15) is 0 Å². The summed E-state index contributed by atoms with van der Waals surface area (Å²) in [4.78, 5) is 15.6. The highest BCUT2D eigenvalue weighted by molar-refractivity contribution is 8.02. The van der Waals surface area contributed by atoms with Crippen LogP contribution in [0.15, 0.2) is 282 Å². The second kappa shape index (κ2) is 20.2. The fourth-order valence-corrected chi connectivity index (χ4v) is 17.8. The van der Waals surface area contributed by atoms with Crippen LogP contribution in [0.25, 0.3) is 22.3 Å². The van der Waals surface area contributed by atoms with Gasteiger partial charge in [-0.2, -0.15) is 0 Å². The highest BCUT2D eigenvalue weighted by atomic mass is 32.2. The largest absolute Gasteiger partial charge is 0.310 e. The van der Waals surface area contributed by atoms with E-state index in [1.54, 1.807) is 0 Å². The number of hydrogen-bond donors (Lipinski definition) is 0. The lowest BCUT2D eigenvalue weighted by atomic mass is 9.33. The van der Waals surface area contributed by atoms with Crippen molar-refractivity contribution in [1.29, 1.82) is 0 Å². The molecule has 0 radical (unpaired) electrons. The Labute approximate surface area is 501 Å². The van der Waals surface area contributed by atoms with Crippen LogP contribution >= 0.6 is 47.0 Å². The molecule has 0 atom stereocenters. The molecule has 0 fully saturated rings. The van der Waals surface area contributed by atoms with Gasteiger partial charge in [-0.1, -0.05) is 262 Å². The van der Waals surface area contributed by atoms with Gasteiger partial charge in [0, 0.05) is 73.3 Å². The van der Waals surface area contributed by atoms with E-state index in [0.717, 1.165) is 34.1 Å². The summed E-state index contributed by atoms with van der Waals surface area (Å²) in [6.07, 6.45) is 0. The highest BCUT2D eigenvalue weighted by Crippen LogP contribution is 2.49. The van der Waals surface area contributed by atoms with Crippen molar-refractivity contribution in [2.24, 2.45) is 0 Å². The SMILES string of the molecule is CC(C)(C)c1ccc2c(c1)Sc1cc(N(c3ccccc3)c3cccc(-c4ccccc4)c3)cc3c1B2c1cc2c(cc1S3)Sc1cc(N(c3ccccc3)c3cccc(-c4ccccc4)c3)cc3c1B2c1ccc(C(C)(C)C)cc1S3. The zero-order valence-corrected chi connectivity index (χ0v) is 50.0. The Hall–Kier alpha value is -7.45. The fourth-order valence-electron chi connectivity index (χ4n) is 12.6. The maximum atomic E-state index is 2.66.